The molecule has 0 heterocycles. The van der Waals surface area contributed by atoms with Gasteiger partial charge < -0.3 is 15.8 Å². The number of ether oxygens (including phenoxy) is 1. The number of rotatable bonds is 9. The van der Waals surface area contributed by atoms with Crippen LogP contribution >= 0.6 is 24.8 Å². The van der Waals surface area contributed by atoms with E-state index in [0.717, 1.165) is 38.1 Å². The van der Waals surface area contributed by atoms with Gasteiger partial charge in [0.1, 0.15) is 5.75 Å². The Morgan fingerprint density at radius 2 is 2.00 bits per heavy atom. The Morgan fingerprint density at radius 1 is 1.30 bits per heavy atom. The summed E-state index contributed by atoms with van der Waals surface area (Å²) in [4.78, 5) is 14.8. The monoisotopic (exact) mass is 419 g/mol. The third-order valence-corrected chi connectivity index (χ3v) is 5.39. The van der Waals surface area contributed by atoms with Crippen molar-refractivity contribution in [1.82, 2.24) is 10.2 Å². The van der Waals surface area contributed by atoms with Crippen molar-refractivity contribution in [3.05, 3.63) is 29.8 Å². The topological polar surface area (TPSA) is 67.6 Å². The molecule has 0 spiro atoms. The average molecular weight is 420 g/mol. The van der Waals surface area contributed by atoms with Crippen LogP contribution in [0.3, 0.4) is 0 Å². The van der Waals surface area contributed by atoms with Crippen LogP contribution in [0.2, 0.25) is 0 Å². The maximum atomic E-state index is 12.4. The first kappa shape index (κ1) is 26.0. The summed E-state index contributed by atoms with van der Waals surface area (Å²) in [5.41, 5.74) is 7.26. The first-order valence-electron chi connectivity index (χ1n) is 9.49. The van der Waals surface area contributed by atoms with E-state index in [1.165, 1.54) is 5.56 Å². The van der Waals surface area contributed by atoms with Crippen molar-refractivity contribution >= 4 is 30.7 Å². The summed E-state index contributed by atoms with van der Waals surface area (Å²) >= 11 is 0. The highest BCUT2D eigenvalue weighted by atomic mass is 35.5. The molecule has 7 heteroatoms. The highest BCUT2D eigenvalue weighted by Gasteiger charge is 2.26. The summed E-state index contributed by atoms with van der Waals surface area (Å²) in [5.74, 6) is 1.30. The molecule has 2 rings (SSSR count). The Morgan fingerprint density at radius 3 is 2.56 bits per heavy atom. The number of likely N-dealkylation sites (N-methyl/N-ethyl adjacent to an activating group) is 1. The van der Waals surface area contributed by atoms with Gasteiger partial charge in [0.2, 0.25) is 5.91 Å². The maximum Gasteiger partial charge on any atom is 0.220 e. The summed E-state index contributed by atoms with van der Waals surface area (Å²) in [5, 5.41) is 3.14. The fourth-order valence-electron chi connectivity index (χ4n) is 3.81. The van der Waals surface area contributed by atoms with Crippen molar-refractivity contribution < 1.29 is 9.53 Å². The van der Waals surface area contributed by atoms with E-state index in [9.17, 15) is 4.79 Å². The minimum Gasteiger partial charge on any atom is -0.497 e. The predicted octanol–water partition coefficient (Wildman–Crippen LogP) is 3.56. The van der Waals surface area contributed by atoms with Gasteiger partial charge in [0, 0.05) is 19.0 Å². The van der Waals surface area contributed by atoms with E-state index in [1.54, 1.807) is 7.11 Å². The van der Waals surface area contributed by atoms with Gasteiger partial charge in [0.05, 0.1) is 13.2 Å². The molecule has 1 amide bonds. The molecule has 1 aliphatic rings. The van der Waals surface area contributed by atoms with Crippen LogP contribution < -0.4 is 15.8 Å². The second-order valence-electron chi connectivity index (χ2n) is 6.88. The largest absolute Gasteiger partial charge is 0.497 e. The summed E-state index contributed by atoms with van der Waals surface area (Å²) in [7, 11) is 1.68. The molecule has 0 aromatic heterocycles. The number of nitrogens with one attached hydrogen (secondary N) is 1. The van der Waals surface area contributed by atoms with Crippen LogP contribution in [-0.4, -0.2) is 43.6 Å². The van der Waals surface area contributed by atoms with E-state index >= 15 is 0 Å². The fourth-order valence-corrected chi connectivity index (χ4v) is 3.81. The predicted molar refractivity (Wildman–Crippen MR) is 116 cm³/mol. The normalized spacial score (nSPS) is 19.7. The number of carbonyl (C=O) groups excluding carboxylic acids is 1. The number of hydrogen-bond acceptors (Lipinski definition) is 4. The van der Waals surface area contributed by atoms with Crippen LogP contribution in [0.4, 0.5) is 0 Å². The lowest BCUT2D eigenvalue weighted by atomic mass is 9.99. The molecule has 1 aliphatic carbocycles. The van der Waals surface area contributed by atoms with Gasteiger partial charge in [-0.15, -0.1) is 24.8 Å². The fraction of sp³-hybridized carbons (Fsp3) is 0.650. The van der Waals surface area contributed by atoms with Gasteiger partial charge >= 0.3 is 0 Å². The molecular weight excluding hydrogens is 385 g/mol. The smallest absolute Gasteiger partial charge is 0.220 e. The molecule has 156 valence electrons. The van der Waals surface area contributed by atoms with Gasteiger partial charge in [-0.2, -0.15) is 0 Å². The van der Waals surface area contributed by atoms with Crippen LogP contribution in [0.25, 0.3) is 0 Å². The highest BCUT2D eigenvalue weighted by molar-refractivity contribution is 5.85. The van der Waals surface area contributed by atoms with E-state index in [-0.39, 0.29) is 42.8 Å². The van der Waals surface area contributed by atoms with Crippen molar-refractivity contribution in [2.24, 2.45) is 11.7 Å². The van der Waals surface area contributed by atoms with Crippen LogP contribution in [0.1, 0.15) is 51.1 Å². The molecule has 3 N–H and O–H groups in total. The zero-order valence-electron chi connectivity index (χ0n) is 16.6. The Bertz CT molecular complexity index is 556. The summed E-state index contributed by atoms with van der Waals surface area (Å²) in [6.45, 7) is 6.77. The molecule has 3 atom stereocenters. The molecule has 0 aliphatic heterocycles. The quantitative estimate of drug-likeness (QED) is 0.641. The number of halogens is 2. The molecule has 1 unspecified atom stereocenters. The molecule has 1 saturated carbocycles. The Labute approximate surface area is 176 Å². The van der Waals surface area contributed by atoms with Crippen LogP contribution in [0.5, 0.6) is 5.75 Å². The number of benzene rings is 1. The van der Waals surface area contributed by atoms with E-state index < -0.39 is 0 Å². The lowest BCUT2D eigenvalue weighted by Crippen LogP contribution is -2.39. The Balaban J connectivity index is 0.00000338. The summed E-state index contributed by atoms with van der Waals surface area (Å²) < 4.78 is 5.36. The number of amides is 1. The van der Waals surface area contributed by atoms with Gasteiger partial charge in [-0.3, -0.25) is 9.69 Å². The number of carbonyl (C=O) groups is 1. The zero-order chi connectivity index (χ0) is 18.2. The number of methoxy groups -OCH3 is 1. The highest BCUT2D eigenvalue weighted by Crippen LogP contribution is 2.27. The van der Waals surface area contributed by atoms with E-state index in [1.807, 2.05) is 12.1 Å². The van der Waals surface area contributed by atoms with Crippen molar-refractivity contribution in [3.8, 4) is 5.75 Å². The van der Waals surface area contributed by atoms with Crippen LogP contribution in [0, 0.1) is 5.92 Å². The van der Waals surface area contributed by atoms with E-state index in [0.29, 0.717) is 18.9 Å². The number of nitrogens with two attached hydrogens (primary N) is 1. The second-order valence-corrected chi connectivity index (χ2v) is 6.88. The minimum absolute atomic E-state index is 0. The molecule has 27 heavy (non-hydrogen) atoms. The molecule has 0 bridgehead atoms. The van der Waals surface area contributed by atoms with Crippen molar-refractivity contribution in [2.75, 3.05) is 26.7 Å². The number of nitrogens with zero attached hydrogens (tertiary/aromatic N) is 1. The SMILES string of the molecule is CCN(CC)C(CNC(=O)C[C@@H]1CCC[C@H]1N)c1cccc(OC)c1.Cl.Cl. The Kier molecular flexibility index (Phi) is 12.7. The molecule has 1 aromatic carbocycles. The molecule has 0 radical (unpaired) electrons. The van der Waals surface area contributed by atoms with Crippen molar-refractivity contribution in [1.29, 1.82) is 0 Å². The third-order valence-electron chi connectivity index (χ3n) is 5.39. The minimum atomic E-state index is 0. The van der Waals surface area contributed by atoms with Crippen molar-refractivity contribution in [3.63, 3.8) is 0 Å². The standard InChI is InChI=1S/C20H33N3O2.2ClH/c1-4-23(5-2)19(16-9-6-10-17(12-16)25-3)14-22-20(24)13-15-8-7-11-18(15)21;;/h6,9-10,12,15,18-19H,4-5,7-8,11,13-14,21H2,1-3H3,(H,22,24);2*1H/t15-,18+,19?;;/m0../s1. The summed E-state index contributed by atoms with van der Waals surface area (Å²) in [6.07, 6.45) is 3.81. The van der Waals surface area contributed by atoms with Crippen molar-refractivity contribution in [2.45, 2.75) is 51.6 Å². The molecule has 5 nitrogen and oxygen atoms in total. The molecule has 1 aromatic rings. The number of hydrogen-bond donors (Lipinski definition) is 2. The summed E-state index contributed by atoms with van der Waals surface area (Å²) in [6, 6.07) is 8.44. The van der Waals surface area contributed by atoms with Gasteiger partial charge in [-0.25, -0.2) is 0 Å². The van der Waals surface area contributed by atoms with Gasteiger partial charge in [0.25, 0.3) is 0 Å². The first-order valence-corrected chi connectivity index (χ1v) is 9.49. The lowest BCUT2D eigenvalue weighted by Gasteiger charge is -2.30. The zero-order valence-corrected chi connectivity index (χ0v) is 18.3. The lowest BCUT2D eigenvalue weighted by molar-refractivity contribution is -0.122. The average Bonchev–Trinajstić information content (AvgIpc) is 3.03. The van der Waals surface area contributed by atoms with Gasteiger partial charge in [0.15, 0.2) is 0 Å². The third kappa shape index (κ3) is 7.49. The molecule has 0 saturated heterocycles. The van der Waals surface area contributed by atoms with Crippen LogP contribution in [0.15, 0.2) is 24.3 Å². The first-order chi connectivity index (χ1) is 12.1. The Hall–Kier alpha value is -1.01. The van der Waals surface area contributed by atoms with E-state index in [4.69, 9.17) is 10.5 Å². The molecular formula is C20H35Cl2N3O2. The maximum absolute atomic E-state index is 12.4. The van der Waals surface area contributed by atoms with Gasteiger partial charge in [-0.1, -0.05) is 32.4 Å². The second kappa shape index (κ2) is 13.2. The van der Waals surface area contributed by atoms with E-state index in [2.05, 4.69) is 36.2 Å². The molecule has 1 fully saturated rings. The van der Waals surface area contributed by atoms with Gasteiger partial charge in [-0.05, 0) is 49.5 Å². The van der Waals surface area contributed by atoms with Crippen LogP contribution in [-0.2, 0) is 4.79 Å².